The number of nitrogens with one attached hydrogen (secondary N) is 1. The van der Waals surface area contributed by atoms with Gasteiger partial charge in [0.25, 0.3) is 0 Å². The van der Waals surface area contributed by atoms with Crippen molar-refractivity contribution in [3.63, 3.8) is 0 Å². The van der Waals surface area contributed by atoms with Gasteiger partial charge in [0.05, 0.1) is 0 Å². The second-order valence-corrected chi connectivity index (χ2v) is 6.51. The van der Waals surface area contributed by atoms with Crippen molar-refractivity contribution in [1.29, 1.82) is 0 Å². The Bertz CT molecular complexity index is 423. The van der Waals surface area contributed by atoms with Crippen molar-refractivity contribution in [2.45, 2.75) is 45.1 Å². The van der Waals surface area contributed by atoms with Crippen LogP contribution in [0.3, 0.4) is 0 Å². The van der Waals surface area contributed by atoms with Crippen LogP contribution >= 0.6 is 0 Å². The fraction of sp³-hybridized carbons (Fsp3) is 0.647. The van der Waals surface area contributed by atoms with Gasteiger partial charge in [0.15, 0.2) is 0 Å². The first-order valence-electron chi connectivity index (χ1n) is 7.63. The van der Waals surface area contributed by atoms with Crippen LogP contribution in [-0.2, 0) is 17.6 Å². The second-order valence-electron chi connectivity index (χ2n) is 6.51. The molecule has 1 saturated heterocycles. The summed E-state index contributed by atoms with van der Waals surface area (Å²) in [6, 6.07) is 9.57. The van der Waals surface area contributed by atoms with Crippen LogP contribution in [0.15, 0.2) is 24.3 Å². The van der Waals surface area contributed by atoms with E-state index in [1.54, 1.807) is 11.1 Å². The van der Waals surface area contributed by atoms with Crippen LogP contribution in [0.1, 0.15) is 37.3 Å². The smallest absolute Gasteiger partial charge is 0.0471 e. The zero-order valence-corrected chi connectivity index (χ0v) is 12.0. The first-order chi connectivity index (χ1) is 9.25. The van der Waals surface area contributed by atoms with E-state index in [1.165, 1.54) is 32.1 Å². The highest BCUT2D eigenvalue weighted by Gasteiger charge is 2.28. The molecular formula is C17H25NO. The molecule has 3 rings (SSSR count). The van der Waals surface area contributed by atoms with Crippen LogP contribution in [0.4, 0.5) is 0 Å². The SMILES string of the molecule is CC1(CNC2CCc3ccccc3C2)CCOCC1. The maximum Gasteiger partial charge on any atom is 0.0471 e. The van der Waals surface area contributed by atoms with E-state index >= 15 is 0 Å². The molecule has 1 atom stereocenters. The van der Waals surface area contributed by atoms with Gasteiger partial charge in [0.1, 0.15) is 0 Å². The third-order valence-electron chi connectivity index (χ3n) is 4.86. The van der Waals surface area contributed by atoms with E-state index in [0.717, 1.165) is 19.8 Å². The molecule has 0 radical (unpaired) electrons. The van der Waals surface area contributed by atoms with Gasteiger partial charge in [-0.1, -0.05) is 31.2 Å². The van der Waals surface area contributed by atoms with Gasteiger partial charge in [-0.15, -0.1) is 0 Å². The highest BCUT2D eigenvalue weighted by Crippen LogP contribution is 2.29. The first-order valence-corrected chi connectivity index (χ1v) is 7.63. The number of rotatable bonds is 3. The topological polar surface area (TPSA) is 21.3 Å². The molecule has 1 unspecified atom stereocenters. The van der Waals surface area contributed by atoms with E-state index in [9.17, 15) is 0 Å². The van der Waals surface area contributed by atoms with E-state index in [4.69, 9.17) is 4.74 Å². The molecule has 1 heterocycles. The summed E-state index contributed by atoms with van der Waals surface area (Å²) in [5.41, 5.74) is 3.54. The van der Waals surface area contributed by atoms with Crippen LogP contribution < -0.4 is 5.32 Å². The molecule has 19 heavy (non-hydrogen) atoms. The average molecular weight is 259 g/mol. The van der Waals surface area contributed by atoms with Crippen LogP contribution in [-0.4, -0.2) is 25.8 Å². The predicted molar refractivity (Wildman–Crippen MR) is 78.4 cm³/mol. The van der Waals surface area contributed by atoms with E-state index in [1.807, 2.05) is 0 Å². The van der Waals surface area contributed by atoms with Crippen LogP contribution in [0.2, 0.25) is 0 Å². The van der Waals surface area contributed by atoms with Crippen LogP contribution in [0, 0.1) is 5.41 Å². The predicted octanol–water partition coefficient (Wildman–Crippen LogP) is 2.95. The summed E-state index contributed by atoms with van der Waals surface area (Å²) in [6.45, 7) is 5.42. The minimum absolute atomic E-state index is 0.440. The molecule has 1 aromatic rings. The van der Waals surface area contributed by atoms with Crippen molar-refractivity contribution < 1.29 is 4.74 Å². The molecule has 1 aliphatic heterocycles. The van der Waals surface area contributed by atoms with Gasteiger partial charge in [0.2, 0.25) is 0 Å². The van der Waals surface area contributed by atoms with E-state index in [2.05, 4.69) is 36.5 Å². The molecule has 2 heteroatoms. The summed E-state index contributed by atoms with van der Waals surface area (Å²) in [4.78, 5) is 0. The lowest BCUT2D eigenvalue weighted by molar-refractivity contribution is 0.0227. The van der Waals surface area contributed by atoms with Crippen molar-refractivity contribution in [2.24, 2.45) is 5.41 Å². The number of ether oxygens (including phenoxy) is 1. The molecule has 2 nitrogen and oxygen atoms in total. The van der Waals surface area contributed by atoms with Gasteiger partial charge in [-0.3, -0.25) is 0 Å². The molecular weight excluding hydrogens is 234 g/mol. The Balaban J connectivity index is 1.54. The molecule has 0 aromatic heterocycles. The molecule has 1 aromatic carbocycles. The van der Waals surface area contributed by atoms with Gasteiger partial charge in [0, 0.05) is 25.8 Å². The summed E-state index contributed by atoms with van der Waals surface area (Å²) in [6.07, 6.45) is 6.10. The highest BCUT2D eigenvalue weighted by molar-refractivity contribution is 5.30. The number of hydrogen-bond donors (Lipinski definition) is 1. The van der Waals surface area contributed by atoms with E-state index in [-0.39, 0.29) is 0 Å². The average Bonchev–Trinajstić information content (AvgIpc) is 2.46. The lowest BCUT2D eigenvalue weighted by atomic mass is 9.81. The Kier molecular flexibility index (Phi) is 3.90. The largest absolute Gasteiger partial charge is 0.381 e. The molecule has 0 bridgehead atoms. The highest BCUT2D eigenvalue weighted by atomic mass is 16.5. The van der Waals surface area contributed by atoms with Crippen molar-refractivity contribution in [3.05, 3.63) is 35.4 Å². The Morgan fingerprint density at radius 3 is 2.74 bits per heavy atom. The molecule has 1 aliphatic carbocycles. The second kappa shape index (κ2) is 5.64. The summed E-state index contributed by atoms with van der Waals surface area (Å²) in [5, 5.41) is 3.82. The van der Waals surface area contributed by atoms with Crippen LogP contribution in [0.5, 0.6) is 0 Å². The van der Waals surface area contributed by atoms with Gasteiger partial charge in [-0.05, 0) is 48.6 Å². The van der Waals surface area contributed by atoms with Crippen molar-refractivity contribution in [2.75, 3.05) is 19.8 Å². The third kappa shape index (κ3) is 3.18. The lowest BCUT2D eigenvalue weighted by Crippen LogP contribution is -2.43. The Morgan fingerprint density at radius 2 is 1.95 bits per heavy atom. The molecule has 104 valence electrons. The summed E-state index contributed by atoms with van der Waals surface area (Å²) in [7, 11) is 0. The van der Waals surface area contributed by atoms with Gasteiger partial charge in [-0.2, -0.15) is 0 Å². The first kappa shape index (κ1) is 13.1. The fourth-order valence-electron chi connectivity index (χ4n) is 3.30. The standard InChI is InChI=1S/C17H25NO/c1-17(8-10-19-11-9-17)13-18-16-7-6-14-4-2-3-5-15(14)12-16/h2-5,16,18H,6-13H2,1H3. The summed E-state index contributed by atoms with van der Waals surface area (Å²) in [5.74, 6) is 0. The molecule has 1 fully saturated rings. The quantitative estimate of drug-likeness (QED) is 0.901. The zero-order valence-electron chi connectivity index (χ0n) is 12.0. The van der Waals surface area contributed by atoms with Crippen LogP contribution in [0.25, 0.3) is 0 Å². The molecule has 2 aliphatic rings. The molecule has 0 amide bonds. The zero-order chi connectivity index (χ0) is 13.1. The minimum Gasteiger partial charge on any atom is -0.381 e. The lowest BCUT2D eigenvalue weighted by Gasteiger charge is -2.36. The van der Waals surface area contributed by atoms with Gasteiger partial charge in [-0.25, -0.2) is 0 Å². The molecule has 0 saturated carbocycles. The summed E-state index contributed by atoms with van der Waals surface area (Å²) < 4.78 is 5.48. The number of aryl methyl sites for hydroxylation is 1. The van der Waals surface area contributed by atoms with Crippen molar-refractivity contribution in [3.8, 4) is 0 Å². The normalized spacial score (nSPS) is 25.8. The fourth-order valence-corrected chi connectivity index (χ4v) is 3.30. The monoisotopic (exact) mass is 259 g/mol. The Morgan fingerprint density at radius 1 is 1.21 bits per heavy atom. The maximum atomic E-state index is 5.48. The molecule has 1 N–H and O–H groups in total. The van der Waals surface area contributed by atoms with Gasteiger partial charge >= 0.3 is 0 Å². The Hall–Kier alpha value is -0.860. The Labute approximate surface area is 116 Å². The van der Waals surface area contributed by atoms with Gasteiger partial charge < -0.3 is 10.1 Å². The third-order valence-corrected chi connectivity index (χ3v) is 4.86. The van der Waals surface area contributed by atoms with E-state index in [0.29, 0.717) is 11.5 Å². The van der Waals surface area contributed by atoms with E-state index < -0.39 is 0 Å². The molecule has 0 spiro atoms. The summed E-state index contributed by atoms with van der Waals surface area (Å²) >= 11 is 0. The number of fused-ring (bicyclic) bond motifs is 1. The number of benzene rings is 1. The number of hydrogen-bond acceptors (Lipinski definition) is 2. The maximum absolute atomic E-state index is 5.48. The van der Waals surface area contributed by atoms with Crippen molar-refractivity contribution >= 4 is 0 Å². The minimum atomic E-state index is 0.440. The van der Waals surface area contributed by atoms with Crippen molar-refractivity contribution in [1.82, 2.24) is 5.32 Å².